The molecule has 0 N–H and O–H groups in total. The lowest BCUT2D eigenvalue weighted by atomic mass is 9.45. The number of allylic oxidation sites excluding steroid dienone is 2. The molecule has 23 heavy (non-hydrogen) atoms. The van der Waals surface area contributed by atoms with E-state index in [1.165, 1.54) is 25.7 Å². The molecule has 2 nitrogen and oxygen atoms in total. The molecule has 4 aliphatic rings. The third kappa shape index (κ3) is 1.99. The Morgan fingerprint density at radius 1 is 1.00 bits per heavy atom. The van der Waals surface area contributed by atoms with Crippen molar-refractivity contribution < 1.29 is 9.59 Å². The van der Waals surface area contributed by atoms with Crippen molar-refractivity contribution in [3.05, 3.63) is 11.6 Å². The molecule has 4 fully saturated rings. The summed E-state index contributed by atoms with van der Waals surface area (Å²) < 4.78 is 0. The zero-order chi connectivity index (χ0) is 16.4. The van der Waals surface area contributed by atoms with Crippen molar-refractivity contribution in [3.8, 4) is 0 Å². The van der Waals surface area contributed by atoms with Crippen molar-refractivity contribution in [2.45, 2.75) is 72.1 Å². The molecule has 0 amide bonds. The van der Waals surface area contributed by atoms with E-state index in [9.17, 15) is 9.59 Å². The predicted octanol–water partition coefficient (Wildman–Crippen LogP) is 4.72. The third-order valence-electron chi connectivity index (χ3n) is 8.48. The second-order valence-corrected chi connectivity index (χ2v) is 9.16. The fraction of sp³-hybridized carbons (Fsp3) is 0.810. The summed E-state index contributed by atoms with van der Waals surface area (Å²) in [4.78, 5) is 24.8. The van der Waals surface area contributed by atoms with E-state index < -0.39 is 0 Å². The molecule has 4 saturated carbocycles. The number of fused-ring (bicyclic) bond motifs is 5. The van der Waals surface area contributed by atoms with Crippen LogP contribution in [0.3, 0.4) is 0 Å². The van der Waals surface area contributed by atoms with Gasteiger partial charge < -0.3 is 0 Å². The molecule has 4 unspecified atom stereocenters. The van der Waals surface area contributed by atoms with Crippen molar-refractivity contribution in [2.75, 3.05) is 0 Å². The minimum atomic E-state index is 0.0250. The first-order valence-corrected chi connectivity index (χ1v) is 9.60. The fourth-order valence-electron chi connectivity index (χ4n) is 7.16. The Balaban J connectivity index is 1.70. The maximum Gasteiger partial charge on any atom is 0.137 e. The van der Waals surface area contributed by atoms with Crippen LogP contribution in [0.4, 0.5) is 0 Å². The van der Waals surface area contributed by atoms with Gasteiger partial charge in [-0.25, -0.2) is 0 Å². The van der Waals surface area contributed by atoms with E-state index in [1.807, 2.05) is 0 Å². The number of ketones is 2. The van der Waals surface area contributed by atoms with Gasteiger partial charge in [-0.05, 0) is 67.6 Å². The highest BCUT2D eigenvalue weighted by atomic mass is 16.1. The molecule has 0 aromatic rings. The molecule has 126 valence electrons. The topological polar surface area (TPSA) is 34.1 Å². The summed E-state index contributed by atoms with van der Waals surface area (Å²) in [5.41, 5.74) is 2.07. The van der Waals surface area contributed by atoms with Crippen molar-refractivity contribution in [1.29, 1.82) is 0 Å². The maximum absolute atomic E-state index is 12.9. The van der Waals surface area contributed by atoms with Crippen LogP contribution in [0.5, 0.6) is 0 Å². The summed E-state index contributed by atoms with van der Waals surface area (Å²) in [6.45, 7) is 6.98. The number of hydrogen-bond acceptors (Lipinski definition) is 2. The highest BCUT2D eigenvalue weighted by Crippen LogP contribution is 2.66. The molecule has 0 aromatic carbocycles. The first kappa shape index (κ1) is 15.6. The van der Waals surface area contributed by atoms with Crippen molar-refractivity contribution in [1.82, 2.24) is 0 Å². The maximum atomic E-state index is 12.9. The Morgan fingerprint density at radius 2 is 1.78 bits per heavy atom. The van der Waals surface area contributed by atoms with Crippen LogP contribution >= 0.6 is 0 Å². The fourth-order valence-corrected chi connectivity index (χ4v) is 7.16. The molecular weight excluding hydrogens is 284 g/mol. The van der Waals surface area contributed by atoms with Gasteiger partial charge in [-0.15, -0.1) is 0 Å². The van der Waals surface area contributed by atoms with E-state index in [0.717, 1.165) is 12.8 Å². The Hall–Kier alpha value is -0.920. The van der Waals surface area contributed by atoms with Crippen LogP contribution in [0.1, 0.15) is 72.1 Å². The van der Waals surface area contributed by atoms with E-state index in [1.54, 1.807) is 5.57 Å². The van der Waals surface area contributed by atoms with E-state index >= 15 is 0 Å². The van der Waals surface area contributed by atoms with E-state index in [4.69, 9.17) is 0 Å². The van der Waals surface area contributed by atoms with Gasteiger partial charge >= 0.3 is 0 Å². The second kappa shape index (κ2) is 5.04. The van der Waals surface area contributed by atoms with Crippen LogP contribution in [-0.2, 0) is 9.59 Å². The van der Waals surface area contributed by atoms with Gasteiger partial charge in [0.15, 0.2) is 0 Å². The molecule has 2 heteroatoms. The molecule has 4 rings (SSSR count). The first-order chi connectivity index (χ1) is 10.9. The molecule has 0 saturated heterocycles. The molecular formula is C21H30O2. The normalized spacial score (nSPS) is 51.3. The van der Waals surface area contributed by atoms with Crippen LogP contribution in [-0.4, -0.2) is 11.6 Å². The smallest absolute Gasteiger partial charge is 0.137 e. The Bertz CT molecular complexity index is 589. The SMILES string of the molecule is CC=C1CCC2C3CC(=O)C4CC(=O)CC[C@]4(C)C3CC[C@]12C. The monoisotopic (exact) mass is 314 g/mol. The van der Waals surface area contributed by atoms with Crippen LogP contribution in [0.15, 0.2) is 11.6 Å². The average Bonchev–Trinajstić information content (AvgIpc) is 2.86. The van der Waals surface area contributed by atoms with Gasteiger partial charge in [0.1, 0.15) is 11.6 Å². The van der Waals surface area contributed by atoms with Gasteiger partial charge in [0, 0.05) is 25.2 Å². The standard InChI is InChI=1S/C21H30O2/c1-4-13-5-6-16-15-12-19(23)18-11-14(22)7-9-21(18,3)17(15)8-10-20(13,16)2/h4,15-18H,5-12H2,1-3H3/t15?,16?,17?,18?,20-,21-/m1/s1. The molecule has 4 aliphatic carbocycles. The molecule has 0 bridgehead atoms. The van der Waals surface area contributed by atoms with E-state index in [-0.39, 0.29) is 11.3 Å². The lowest BCUT2D eigenvalue weighted by molar-refractivity contribution is -0.156. The number of rotatable bonds is 0. The molecule has 0 spiro atoms. The number of carbonyl (C=O) groups is 2. The Morgan fingerprint density at radius 3 is 2.52 bits per heavy atom. The Labute approximate surface area is 140 Å². The summed E-state index contributed by atoms with van der Waals surface area (Å²) >= 11 is 0. The third-order valence-corrected chi connectivity index (χ3v) is 8.48. The lowest BCUT2D eigenvalue weighted by Gasteiger charge is -2.59. The lowest BCUT2D eigenvalue weighted by Crippen LogP contribution is -2.56. The van der Waals surface area contributed by atoms with Gasteiger partial charge in [0.25, 0.3) is 0 Å². The zero-order valence-electron chi connectivity index (χ0n) is 14.9. The summed E-state index contributed by atoms with van der Waals surface area (Å²) in [6.07, 6.45) is 10.3. The summed E-state index contributed by atoms with van der Waals surface area (Å²) in [5.74, 6) is 2.65. The van der Waals surface area contributed by atoms with Gasteiger partial charge in [0.05, 0.1) is 0 Å². The quantitative estimate of drug-likeness (QED) is 0.606. The highest BCUT2D eigenvalue weighted by Gasteiger charge is 2.61. The summed E-state index contributed by atoms with van der Waals surface area (Å²) in [5, 5.41) is 0. The number of Topliss-reactive ketones (excluding diaryl/α,β-unsaturated/α-hetero) is 2. The largest absolute Gasteiger partial charge is 0.300 e. The second-order valence-electron chi connectivity index (χ2n) is 9.16. The summed E-state index contributed by atoms with van der Waals surface area (Å²) in [7, 11) is 0. The number of carbonyl (C=O) groups excluding carboxylic acids is 2. The van der Waals surface area contributed by atoms with E-state index in [0.29, 0.717) is 47.6 Å². The molecule has 0 aromatic heterocycles. The van der Waals surface area contributed by atoms with Crippen LogP contribution in [0.2, 0.25) is 0 Å². The van der Waals surface area contributed by atoms with Crippen LogP contribution in [0.25, 0.3) is 0 Å². The van der Waals surface area contributed by atoms with E-state index in [2.05, 4.69) is 26.8 Å². The summed E-state index contributed by atoms with van der Waals surface area (Å²) in [6, 6.07) is 0. The zero-order valence-corrected chi connectivity index (χ0v) is 14.9. The van der Waals surface area contributed by atoms with Gasteiger partial charge in [-0.3, -0.25) is 9.59 Å². The number of hydrogen-bond donors (Lipinski definition) is 0. The van der Waals surface area contributed by atoms with Crippen LogP contribution in [0, 0.1) is 34.5 Å². The van der Waals surface area contributed by atoms with Crippen molar-refractivity contribution in [2.24, 2.45) is 34.5 Å². The molecule has 0 aliphatic heterocycles. The first-order valence-electron chi connectivity index (χ1n) is 9.60. The highest BCUT2D eigenvalue weighted by molar-refractivity contribution is 5.90. The van der Waals surface area contributed by atoms with Gasteiger partial charge in [-0.1, -0.05) is 25.5 Å². The van der Waals surface area contributed by atoms with Gasteiger partial charge in [0.2, 0.25) is 0 Å². The van der Waals surface area contributed by atoms with Crippen molar-refractivity contribution >= 4 is 11.6 Å². The average molecular weight is 314 g/mol. The van der Waals surface area contributed by atoms with Crippen molar-refractivity contribution in [3.63, 3.8) is 0 Å². The van der Waals surface area contributed by atoms with Crippen LogP contribution < -0.4 is 0 Å². The molecule has 0 heterocycles. The predicted molar refractivity (Wildman–Crippen MR) is 90.9 cm³/mol. The minimum Gasteiger partial charge on any atom is -0.300 e. The molecule has 6 atom stereocenters. The molecule has 0 radical (unpaired) electrons. The van der Waals surface area contributed by atoms with Gasteiger partial charge in [-0.2, -0.15) is 0 Å². The minimum absolute atomic E-state index is 0.0250. The Kier molecular flexibility index (Phi) is 3.42.